The van der Waals surface area contributed by atoms with Crippen LogP contribution in [0.2, 0.25) is 0 Å². The number of rotatable bonds is 1. The Kier molecular flexibility index (Phi) is 2.49. The molecule has 0 aromatic heterocycles. The average Bonchev–Trinajstić information content (AvgIpc) is 2.30. The third-order valence-corrected chi connectivity index (χ3v) is 2.11. The summed E-state index contributed by atoms with van der Waals surface area (Å²) in [6.45, 7) is 4.15. The Balaban J connectivity index is 2.93. The zero-order valence-electron chi connectivity index (χ0n) is 7.24. The Morgan fingerprint density at radius 2 is 2.17 bits per heavy atom. The molecule has 1 fully saturated rings. The van der Waals surface area contributed by atoms with Gasteiger partial charge in [0.05, 0.1) is 0 Å². The summed E-state index contributed by atoms with van der Waals surface area (Å²) in [5.41, 5.74) is 1.81. The number of hydroxylamine groups is 2. The van der Waals surface area contributed by atoms with Crippen molar-refractivity contribution in [3.63, 3.8) is 0 Å². The molecule has 0 bridgehead atoms. The van der Waals surface area contributed by atoms with Crippen LogP contribution in [0, 0.1) is 0 Å². The standard InChI is InChI=1S/C8H13NO3/c1-5(2)6-3-4-9(12)7(6)8(10)11/h7,12H,3-4H2,1-2H3,(H,10,11). The first-order chi connectivity index (χ1) is 5.54. The molecule has 0 saturated carbocycles. The van der Waals surface area contributed by atoms with Crippen molar-refractivity contribution in [1.82, 2.24) is 5.06 Å². The highest BCUT2D eigenvalue weighted by molar-refractivity contribution is 5.78. The predicted octanol–water partition coefficient (Wildman–Crippen LogP) is 0.871. The molecule has 2 N–H and O–H groups in total. The minimum absolute atomic E-state index is 0.414. The molecule has 0 amide bonds. The van der Waals surface area contributed by atoms with Crippen LogP contribution in [-0.4, -0.2) is 33.9 Å². The van der Waals surface area contributed by atoms with Crippen LogP contribution in [0.15, 0.2) is 11.1 Å². The highest BCUT2D eigenvalue weighted by Crippen LogP contribution is 2.24. The minimum Gasteiger partial charge on any atom is -0.480 e. The Hall–Kier alpha value is -0.870. The molecule has 1 aliphatic rings. The van der Waals surface area contributed by atoms with Crippen LogP contribution in [0.4, 0.5) is 0 Å². The van der Waals surface area contributed by atoms with Gasteiger partial charge >= 0.3 is 5.97 Å². The number of nitrogens with zero attached hydrogens (tertiary/aromatic N) is 1. The zero-order chi connectivity index (χ0) is 9.30. The molecule has 4 nitrogen and oxygen atoms in total. The van der Waals surface area contributed by atoms with Crippen molar-refractivity contribution < 1.29 is 15.1 Å². The molecule has 1 saturated heterocycles. The number of hydrogen-bond donors (Lipinski definition) is 2. The van der Waals surface area contributed by atoms with Gasteiger partial charge in [-0.1, -0.05) is 5.57 Å². The topological polar surface area (TPSA) is 60.8 Å². The lowest BCUT2D eigenvalue weighted by atomic mass is 10.0. The largest absolute Gasteiger partial charge is 0.480 e. The number of carbonyl (C=O) groups is 1. The van der Waals surface area contributed by atoms with Gasteiger partial charge < -0.3 is 10.3 Å². The fourth-order valence-electron chi connectivity index (χ4n) is 1.48. The molecule has 0 aliphatic carbocycles. The normalized spacial score (nSPS) is 24.6. The lowest BCUT2D eigenvalue weighted by Crippen LogP contribution is -2.34. The maximum atomic E-state index is 10.7. The molecule has 1 atom stereocenters. The Bertz CT molecular complexity index is 230. The van der Waals surface area contributed by atoms with Crippen molar-refractivity contribution in [2.45, 2.75) is 26.3 Å². The Morgan fingerprint density at radius 1 is 1.58 bits per heavy atom. The van der Waals surface area contributed by atoms with Crippen LogP contribution >= 0.6 is 0 Å². The summed E-state index contributed by atoms with van der Waals surface area (Å²) >= 11 is 0. The molecule has 68 valence electrons. The van der Waals surface area contributed by atoms with Gasteiger partial charge in [-0.2, -0.15) is 5.06 Å². The molecular weight excluding hydrogens is 158 g/mol. The summed E-state index contributed by atoms with van der Waals surface area (Å²) in [5.74, 6) is -0.980. The van der Waals surface area contributed by atoms with Crippen molar-refractivity contribution in [2.24, 2.45) is 0 Å². The van der Waals surface area contributed by atoms with Crippen molar-refractivity contribution in [2.75, 3.05) is 6.54 Å². The lowest BCUT2D eigenvalue weighted by molar-refractivity contribution is -0.158. The molecule has 1 rings (SSSR count). The molecule has 0 aromatic carbocycles. The zero-order valence-corrected chi connectivity index (χ0v) is 7.24. The van der Waals surface area contributed by atoms with Crippen LogP contribution < -0.4 is 0 Å². The molecule has 4 heteroatoms. The van der Waals surface area contributed by atoms with Crippen LogP contribution in [0.3, 0.4) is 0 Å². The van der Waals surface area contributed by atoms with Gasteiger partial charge in [-0.05, 0) is 25.8 Å². The number of allylic oxidation sites excluding steroid dienone is 1. The van der Waals surface area contributed by atoms with Gasteiger partial charge in [0.1, 0.15) is 0 Å². The van der Waals surface area contributed by atoms with Crippen LogP contribution in [0.1, 0.15) is 20.3 Å². The fraction of sp³-hybridized carbons (Fsp3) is 0.625. The van der Waals surface area contributed by atoms with Gasteiger partial charge in [-0.25, -0.2) is 0 Å². The molecule has 1 unspecified atom stereocenters. The van der Waals surface area contributed by atoms with Gasteiger partial charge in [0.15, 0.2) is 6.04 Å². The number of carboxylic acid groups (broad SMARTS) is 1. The maximum Gasteiger partial charge on any atom is 0.327 e. The minimum atomic E-state index is -0.980. The molecular formula is C8H13NO3. The second-order valence-electron chi connectivity index (χ2n) is 3.18. The lowest BCUT2D eigenvalue weighted by Gasteiger charge is -2.14. The molecule has 12 heavy (non-hydrogen) atoms. The summed E-state index contributed by atoms with van der Waals surface area (Å²) in [5, 5.41) is 18.8. The summed E-state index contributed by atoms with van der Waals surface area (Å²) in [4.78, 5) is 10.7. The van der Waals surface area contributed by atoms with Crippen LogP contribution in [0.25, 0.3) is 0 Å². The predicted molar refractivity (Wildman–Crippen MR) is 42.9 cm³/mol. The first-order valence-corrected chi connectivity index (χ1v) is 3.88. The second-order valence-corrected chi connectivity index (χ2v) is 3.18. The van der Waals surface area contributed by atoms with E-state index in [0.717, 1.165) is 16.2 Å². The first-order valence-electron chi connectivity index (χ1n) is 3.88. The van der Waals surface area contributed by atoms with E-state index in [1.807, 2.05) is 13.8 Å². The third-order valence-electron chi connectivity index (χ3n) is 2.11. The summed E-state index contributed by atoms with van der Waals surface area (Å²) in [6.07, 6.45) is 0.649. The SMILES string of the molecule is CC(C)=C1CCN(O)C1C(=O)O. The van der Waals surface area contributed by atoms with Crippen molar-refractivity contribution in [3.8, 4) is 0 Å². The quantitative estimate of drug-likeness (QED) is 0.575. The number of aliphatic carboxylic acids is 1. The van der Waals surface area contributed by atoms with Gasteiger partial charge in [0.25, 0.3) is 0 Å². The van der Waals surface area contributed by atoms with Crippen LogP contribution in [-0.2, 0) is 4.79 Å². The van der Waals surface area contributed by atoms with Gasteiger partial charge in [-0.3, -0.25) is 4.79 Å². The molecule has 1 aliphatic heterocycles. The summed E-state index contributed by atoms with van der Waals surface area (Å²) in [7, 11) is 0. The monoisotopic (exact) mass is 171 g/mol. The average molecular weight is 171 g/mol. The molecule has 0 aromatic rings. The fourth-order valence-corrected chi connectivity index (χ4v) is 1.48. The van der Waals surface area contributed by atoms with Crippen molar-refractivity contribution >= 4 is 5.97 Å². The maximum absolute atomic E-state index is 10.7. The van der Waals surface area contributed by atoms with E-state index in [-0.39, 0.29) is 0 Å². The van der Waals surface area contributed by atoms with Gasteiger partial charge in [0, 0.05) is 6.54 Å². The summed E-state index contributed by atoms with van der Waals surface area (Å²) in [6, 6.07) is -0.824. The highest BCUT2D eigenvalue weighted by atomic mass is 16.5. The number of hydrogen-bond acceptors (Lipinski definition) is 3. The van der Waals surface area contributed by atoms with Gasteiger partial charge in [-0.15, -0.1) is 0 Å². The molecule has 0 spiro atoms. The van der Waals surface area contributed by atoms with E-state index in [9.17, 15) is 10.0 Å². The van der Waals surface area contributed by atoms with E-state index < -0.39 is 12.0 Å². The Morgan fingerprint density at radius 3 is 2.50 bits per heavy atom. The molecule has 0 radical (unpaired) electrons. The van der Waals surface area contributed by atoms with E-state index in [0.29, 0.717) is 13.0 Å². The number of carboxylic acids is 1. The van der Waals surface area contributed by atoms with E-state index in [4.69, 9.17) is 5.11 Å². The second kappa shape index (κ2) is 3.25. The van der Waals surface area contributed by atoms with Crippen LogP contribution in [0.5, 0.6) is 0 Å². The summed E-state index contributed by atoms with van der Waals surface area (Å²) < 4.78 is 0. The van der Waals surface area contributed by atoms with Gasteiger partial charge in [0.2, 0.25) is 0 Å². The van der Waals surface area contributed by atoms with Crippen molar-refractivity contribution in [1.29, 1.82) is 0 Å². The van der Waals surface area contributed by atoms with Crippen molar-refractivity contribution in [3.05, 3.63) is 11.1 Å². The van der Waals surface area contributed by atoms with E-state index >= 15 is 0 Å². The third kappa shape index (κ3) is 1.49. The van der Waals surface area contributed by atoms with E-state index in [1.54, 1.807) is 0 Å². The first kappa shape index (κ1) is 9.22. The molecule has 1 heterocycles. The van der Waals surface area contributed by atoms with E-state index in [1.165, 1.54) is 0 Å². The van der Waals surface area contributed by atoms with E-state index in [2.05, 4.69) is 0 Å². The highest BCUT2D eigenvalue weighted by Gasteiger charge is 2.34. The Labute approximate surface area is 71.1 Å². The smallest absolute Gasteiger partial charge is 0.327 e.